The summed E-state index contributed by atoms with van der Waals surface area (Å²) in [4.78, 5) is 4.63. The van der Waals surface area contributed by atoms with Gasteiger partial charge in [0, 0.05) is 38.8 Å². The molecule has 7 nitrogen and oxygen atoms in total. The molecule has 1 aromatic rings. The highest BCUT2D eigenvalue weighted by Gasteiger charge is 2.46. The molecular formula is C20H33N3O4. The van der Waals surface area contributed by atoms with Gasteiger partial charge in [0.05, 0.1) is 31.5 Å². The van der Waals surface area contributed by atoms with Gasteiger partial charge in [-0.15, -0.1) is 0 Å². The topological polar surface area (TPSA) is 77.4 Å². The molecule has 0 bridgehead atoms. The second-order valence-electron chi connectivity index (χ2n) is 7.63. The highest BCUT2D eigenvalue weighted by molar-refractivity contribution is 5.58. The van der Waals surface area contributed by atoms with Gasteiger partial charge in [0.15, 0.2) is 0 Å². The molecule has 2 aliphatic heterocycles. The summed E-state index contributed by atoms with van der Waals surface area (Å²) in [6.07, 6.45) is -1.31. The van der Waals surface area contributed by atoms with Gasteiger partial charge in [-0.25, -0.2) is 0 Å². The maximum atomic E-state index is 10.7. The van der Waals surface area contributed by atoms with Crippen molar-refractivity contribution in [2.75, 3.05) is 51.3 Å². The number of aliphatic hydroxyl groups excluding tert-OH is 2. The second-order valence-corrected chi connectivity index (χ2v) is 7.63. The highest BCUT2D eigenvalue weighted by atomic mass is 16.5. The molecule has 1 aromatic carbocycles. The van der Waals surface area contributed by atoms with Crippen LogP contribution in [0.15, 0.2) is 24.3 Å². The average molecular weight is 380 g/mol. The average Bonchev–Trinajstić information content (AvgIpc) is 3.02. The minimum Gasteiger partial charge on any atom is -0.495 e. The molecule has 0 aliphatic carbocycles. The zero-order chi connectivity index (χ0) is 19.4. The van der Waals surface area contributed by atoms with Crippen molar-refractivity contribution in [2.24, 2.45) is 0 Å². The van der Waals surface area contributed by atoms with Gasteiger partial charge in [-0.3, -0.25) is 4.90 Å². The fourth-order valence-corrected chi connectivity index (χ4v) is 4.10. The van der Waals surface area contributed by atoms with Crippen LogP contribution >= 0.6 is 0 Å². The third-order valence-corrected chi connectivity index (χ3v) is 5.53. The lowest BCUT2D eigenvalue weighted by Gasteiger charge is -2.41. The standard InChI is InChI=1S/C20H33N3O4/c1-14(2)21-12-17-19(20(25)18(13-24)27-17)23-10-8-22(9-11-23)15-6-4-5-7-16(15)26-3/h4-7,14,17-21,24-25H,8-13H2,1-3H3/t17-,18+,19+,20-/m1/s1. The predicted molar refractivity (Wildman–Crippen MR) is 105 cm³/mol. The summed E-state index contributed by atoms with van der Waals surface area (Å²) >= 11 is 0. The normalized spacial score (nSPS) is 29.5. The number of nitrogens with one attached hydrogen (secondary N) is 1. The number of piperazine rings is 1. The first-order valence-electron chi connectivity index (χ1n) is 9.85. The van der Waals surface area contributed by atoms with Crippen LogP contribution in [0.3, 0.4) is 0 Å². The lowest BCUT2D eigenvalue weighted by atomic mass is 10.0. The van der Waals surface area contributed by atoms with Crippen molar-refractivity contribution < 1.29 is 19.7 Å². The quantitative estimate of drug-likeness (QED) is 0.629. The van der Waals surface area contributed by atoms with E-state index in [0.717, 1.165) is 37.6 Å². The van der Waals surface area contributed by atoms with Crippen molar-refractivity contribution in [2.45, 2.75) is 44.2 Å². The number of nitrogens with zero attached hydrogens (tertiary/aromatic N) is 2. The summed E-state index contributed by atoms with van der Waals surface area (Å²) in [5.41, 5.74) is 1.11. The van der Waals surface area contributed by atoms with Crippen molar-refractivity contribution in [3.05, 3.63) is 24.3 Å². The Morgan fingerprint density at radius 3 is 2.52 bits per heavy atom. The number of methoxy groups -OCH3 is 1. The van der Waals surface area contributed by atoms with Gasteiger partial charge < -0.3 is 29.9 Å². The molecule has 2 saturated heterocycles. The number of aliphatic hydroxyl groups is 2. The summed E-state index contributed by atoms with van der Waals surface area (Å²) in [5.74, 6) is 0.884. The Bertz CT molecular complexity index is 592. The number of rotatable bonds is 7. The van der Waals surface area contributed by atoms with Crippen molar-refractivity contribution in [1.29, 1.82) is 0 Å². The van der Waals surface area contributed by atoms with Crippen LogP contribution in [0.5, 0.6) is 5.75 Å². The zero-order valence-electron chi connectivity index (χ0n) is 16.5. The number of hydrogen-bond donors (Lipinski definition) is 3. The number of anilines is 1. The summed E-state index contributed by atoms with van der Waals surface area (Å²) in [6, 6.07) is 8.31. The minimum atomic E-state index is -0.674. The molecule has 0 unspecified atom stereocenters. The lowest BCUT2D eigenvalue weighted by molar-refractivity contribution is -0.0216. The lowest BCUT2D eigenvalue weighted by Crippen LogP contribution is -2.57. The largest absolute Gasteiger partial charge is 0.495 e. The van der Waals surface area contributed by atoms with Crippen molar-refractivity contribution in [1.82, 2.24) is 10.2 Å². The van der Waals surface area contributed by atoms with Crippen molar-refractivity contribution in [3.8, 4) is 5.75 Å². The van der Waals surface area contributed by atoms with Gasteiger partial charge in [-0.05, 0) is 12.1 Å². The van der Waals surface area contributed by atoms with Crippen LogP contribution in [0.25, 0.3) is 0 Å². The highest BCUT2D eigenvalue weighted by Crippen LogP contribution is 2.31. The van der Waals surface area contributed by atoms with Crippen LogP contribution in [0.4, 0.5) is 5.69 Å². The number of para-hydroxylation sites is 2. The number of hydrogen-bond acceptors (Lipinski definition) is 7. The first-order valence-corrected chi connectivity index (χ1v) is 9.85. The Labute approximate surface area is 161 Å². The molecule has 3 rings (SSSR count). The Morgan fingerprint density at radius 1 is 1.19 bits per heavy atom. The van der Waals surface area contributed by atoms with E-state index in [-0.39, 0.29) is 18.8 Å². The molecule has 0 radical (unpaired) electrons. The third kappa shape index (κ3) is 4.55. The van der Waals surface area contributed by atoms with Crippen LogP contribution in [0.2, 0.25) is 0 Å². The SMILES string of the molecule is COc1ccccc1N1CCN([C@@H]2[C@H](O)[C@H](CO)O[C@@H]2CNC(C)C)CC1. The van der Waals surface area contributed by atoms with E-state index in [2.05, 4.69) is 35.0 Å². The summed E-state index contributed by atoms with van der Waals surface area (Å²) in [6.45, 7) is 8.08. The van der Waals surface area contributed by atoms with Gasteiger partial charge in [-0.1, -0.05) is 26.0 Å². The Balaban J connectivity index is 1.65. The Morgan fingerprint density at radius 2 is 1.89 bits per heavy atom. The van der Waals surface area contributed by atoms with Gasteiger partial charge in [-0.2, -0.15) is 0 Å². The van der Waals surface area contributed by atoms with Crippen LogP contribution in [0.1, 0.15) is 13.8 Å². The minimum absolute atomic E-state index is 0.104. The number of ether oxygens (including phenoxy) is 2. The van der Waals surface area contributed by atoms with E-state index in [0.29, 0.717) is 12.6 Å². The molecule has 2 aliphatic rings. The van der Waals surface area contributed by atoms with E-state index in [1.807, 2.05) is 18.2 Å². The van der Waals surface area contributed by atoms with E-state index in [4.69, 9.17) is 9.47 Å². The number of benzene rings is 1. The van der Waals surface area contributed by atoms with E-state index in [1.54, 1.807) is 7.11 Å². The third-order valence-electron chi connectivity index (χ3n) is 5.53. The molecule has 3 N–H and O–H groups in total. The molecule has 4 atom stereocenters. The van der Waals surface area contributed by atoms with Gasteiger partial charge in [0.2, 0.25) is 0 Å². The van der Waals surface area contributed by atoms with E-state index >= 15 is 0 Å². The zero-order valence-corrected chi connectivity index (χ0v) is 16.5. The van der Waals surface area contributed by atoms with Crippen LogP contribution in [-0.2, 0) is 4.74 Å². The molecule has 0 saturated carbocycles. The fraction of sp³-hybridized carbons (Fsp3) is 0.700. The van der Waals surface area contributed by atoms with Gasteiger partial charge in [0.1, 0.15) is 18.0 Å². The molecule has 2 heterocycles. The Hall–Kier alpha value is -1.38. The monoisotopic (exact) mass is 379 g/mol. The van der Waals surface area contributed by atoms with Gasteiger partial charge >= 0.3 is 0 Å². The molecule has 0 amide bonds. The van der Waals surface area contributed by atoms with Crippen LogP contribution in [-0.4, -0.2) is 91.9 Å². The Kier molecular flexibility index (Phi) is 6.94. The summed E-state index contributed by atoms with van der Waals surface area (Å²) in [7, 11) is 1.70. The first-order chi connectivity index (χ1) is 13.0. The molecule has 2 fully saturated rings. The summed E-state index contributed by atoms with van der Waals surface area (Å²) < 4.78 is 11.4. The van der Waals surface area contributed by atoms with E-state index in [1.165, 1.54) is 0 Å². The van der Waals surface area contributed by atoms with Crippen molar-refractivity contribution in [3.63, 3.8) is 0 Å². The molecule has 27 heavy (non-hydrogen) atoms. The van der Waals surface area contributed by atoms with E-state index < -0.39 is 12.2 Å². The molecular weight excluding hydrogens is 346 g/mol. The summed E-state index contributed by atoms with van der Waals surface area (Å²) in [5, 5.41) is 23.7. The van der Waals surface area contributed by atoms with E-state index in [9.17, 15) is 10.2 Å². The molecule has 0 spiro atoms. The fourth-order valence-electron chi connectivity index (χ4n) is 4.10. The molecule has 0 aromatic heterocycles. The van der Waals surface area contributed by atoms with Crippen molar-refractivity contribution >= 4 is 5.69 Å². The predicted octanol–water partition coefficient (Wildman–Crippen LogP) is 0.304. The smallest absolute Gasteiger partial charge is 0.142 e. The van der Waals surface area contributed by atoms with Crippen LogP contribution < -0.4 is 15.0 Å². The first kappa shape index (κ1) is 20.4. The second kappa shape index (κ2) is 9.21. The maximum Gasteiger partial charge on any atom is 0.142 e. The molecule has 152 valence electrons. The molecule has 7 heteroatoms. The van der Waals surface area contributed by atoms with Crippen LogP contribution in [0, 0.1) is 0 Å². The van der Waals surface area contributed by atoms with Gasteiger partial charge in [0.25, 0.3) is 0 Å². The maximum absolute atomic E-state index is 10.7.